The SMILES string of the molecule is O=C(O)CCNCCc1cccc(OCC2CCCCC2)c1. The summed E-state index contributed by atoms with van der Waals surface area (Å²) in [5, 5.41) is 11.7. The van der Waals surface area contributed by atoms with E-state index in [1.54, 1.807) is 0 Å². The topological polar surface area (TPSA) is 58.6 Å². The number of hydrogen-bond donors (Lipinski definition) is 2. The van der Waals surface area contributed by atoms with E-state index in [1.165, 1.54) is 37.7 Å². The number of nitrogens with one attached hydrogen (secondary N) is 1. The number of carbonyl (C=O) groups is 1. The van der Waals surface area contributed by atoms with Gasteiger partial charge in [0.15, 0.2) is 0 Å². The van der Waals surface area contributed by atoms with Crippen molar-refractivity contribution in [1.82, 2.24) is 5.32 Å². The van der Waals surface area contributed by atoms with Crippen molar-refractivity contribution in [3.05, 3.63) is 29.8 Å². The van der Waals surface area contributed by atoms with E-state index in [9.17, 15) is 4.79 Å². The van der Waals surface area contributed by atoms with Crippen LogP contribution in [0.3, 0.4) is 0 Å². The van der Waals surface area contributed by atoms with E-state index in [1.807, 2.05) is 12.1 Å². The Balaban J connectivity index is 1.68. The number of ether oxygens (including phenoxy) is 1. The molecule has 2 N–H and O–H groups in total. The van der Waals surface area contributed by atoms with Crippen LogP contribution in [0, 0.1) is 5.92 Å². The van der Waals surface area contributed by atoms with E-state index >= 15 is 0 Å². The molecule has 122 valence electrons. The van der Waals surface area contributed by atoms with E-state index in [-0.39, 0.29) is 6.42 Å². The number of aliphatic carboxylic acids is 1. The third-order valence-electron chi connectivity index (χ3n) is 4.21. The average molecular weight is 305 g/mol. The summed E-state index contributed by atoms with van der Waals surface area (Å²) in [6.07, 6.45) is 7.72. The van der Waals surface area contributed by atoms with Gasteiger partial charge in [0.25, 0.3) is 0 Å². The van der Waals surface area contributed by atoms with Crippen molar-refractivity contribution in [2.75, 3.05) is 19.7 Å². The van der Waals surface area contributed by atoms with Gasteiger partial charge in [-0.1, -0.05) is 31.4 Å². The lowest BCUT2D eigenvalue weighted by Crippen LogP contribution is -2.20. The Bertz CT molecular complexity index is 455. The van der Waals surface area contributed by atoms with Gasteiger partial charge in [0.2, 0.25) is 0 Å². The van der Waals surface area contributed by atoms with E-state index in [2.05, 4.69) is 17.4 Å². The first-order valence-corrected chi connectivity index (χ1v) is 8.38. The van der Waals surface area contributed by atoms with Gasteiger partial charge in [-0.2, -0.15) is 0 Å². The first kappa shape index (κ1) is 16.8. The number of carboxylic acid groups (broad SMARTS) is 1. The minimum absolute atomic E-state index is 0.171. The van der Waals surface area contributed by atoms with Crippen molar-refractivity contribution in [2.45, 2.75) is 44.9 Å². The molecule has 4 nitrogen and oxygen atoms in total. The highest BCUT2D eigenvalue weighted by Crippen LogP contribution is 2.24. The molecule has 0 unspecified atom stereocenters. The molecule has 22 heavy (non-hydrogen) atoms. The molecule has 0 aromatic heterocycles. The lowest BCUT2D eigenvalue weighted by Gasteiger charge is -2.21. The summed E-state index contributed by atoms with van der Waals surface area (Å²) in [5.74, 6) is 0.911. The quantitative estimate of drug-likeness (QED) is 0.688. The zero-order valence-electron chi connectivity index (χ0n) is 13.2. The molecule has 0 spiro atoms. The van der Waals surface area contributed by atoms with Crippen LogP contribution in [-0.2, 0) is 11.2 Å². The highest BCUT2D eigenvalue weighted by molar-refractivity contribution is 5.66. The normalized spacial score (nSPS) is 15.6. The molecule has 1 saturated carbocycles. The van der Waals surface area contributed by atoms with E-state index in [0.29, 0.717) is 6.54 Å². The zero-order chi connectivity index (χ0) is 15.6. The Morgan fingerprint density at radius 2 is 2.05 bits per heavy atom. The Hall–Kier alpha value is -1.55. The maximum absolute atomic E-state index is 10.4. The molecule has 1 aromatic rings. The monoisotopic (exact) mass is 305 g/mol. The fraction of sp³-hybridized carbons (Fsp3) is 0.611. The van der Waals surface area contributed by atoms with Crippen LogP contribution in [0.1, 0.15) is 44.1 Å². The second kappa shape index (κ2) is 9.46. The Morgan fingerprint density at radius 1 is 1.23 bits per heavy atom. The van der Waals surface area contributed by atoms with Crippen molar-refractivity contribution in [3.8, 4) is 5.75 Å². The molecule has 0 radical (unpaired) electrons. The molecule has 4 heteroatoms. The number of rotatable bonds is 9. The lowest BCUT2D eigenvalue weighted by atomic mass is 9.90. The predicted molar refractivity (Wildman–Crippen MR) is 87.3 cm³/mol. The Morgan fingerprint density at radius 3 is 2.82 bits per heavy atom. The van der Waals surface area contributed by atoms with Crippen molar-refractivity contribution in [1.29, 1.82) is 0 Å². The third kappa shape index (κ3) is 6.48. The largest absolute Gasteiger partial charge is 0.493 e. The van der Waals surface area contributed by atoms with E-state index in [0.717, 1.165) is 31.2 Å². The van der Waals surface area contributed by atoms with Gasteiger partial charge in [0, 0.05) is 6.54 Å². The second-order valence-corrected chi connectivity index (χ2v) is 6.11. The van der Waals surface area contributed by atoms with Gasteiger partial charge in [0.05, 0.1) is 13.0 Å². The summed E-state index contributed by atoms with van der Waals surface area (Å²) in [4.78, 5) is 10.4. The van der Waals surface area contributed by atoms with Crippen molar-refractivity contribution in [3.63, 3.8) is 0 Å². The summed E-state index contributed by atoms with van der Waals surface area (Å²) in [6.45, 7) is 2.15. The molecule has 1 aromatic carbocycles. The van der Waals surface area contributed by atoms with Crippen LogP contribution < -0.4 is 10.1 Å². The maximum atomic E-state index is 10.4. The molecule has 0 aliphatic heterocycles. The van der Waals surface area contributed by atoms with Gasteiger partial charge in [-0.3, -0.25) is 4.79 Å². The van der Waals surface area contributed by atoms with Crippen LogP contribution >= 0.6 is 0 Å². The van der Waals surface area contributed by atoms with Crippen LogP contribution in [0.25, 0.3) is 0 Å². The summed E-state index contributed by atoms with van der Waals surface area (Å²) < 4.78 is 5.95. The van der Waals surface area contributed by atoms with Gasteiger partial charge in [-0.05, 0) is 49.4 Å². The predicted octanol–water partition coefficient (Wildman–Crippen LogP) is 3.25. The summed E-state index contributed by atoms with van der Waals surface area (Å²) in [5.41, 5.74) is 1.23. The molecule has 0 saturated heterocycles. The minimum Gasteiger partial charge on any atom is -0.493 e. The first-order valence-electron chi connectivity index (χ1n) is 8.38. The fourth-order valence-electron chi connectivity index (χ4n) is 2.91. The van der Waals surface area contributed by atoms with Gasteiger partial charge in [-0.15, -0.1) is 0 Å². The summed E-state index contributed by atoms with van der Waals surface area (Å²) in [7, 11) is 0. The first-order chi connectivity index (χ1) is 10.7. The average Bonchev–Trinajstić information content (AvgIpc) is 2.54. The molecule has 1 aliphatic rings. The second-order valence-electron chi connectivity index (χ2n) is 6.11. The van der Waals surface area contributed by atoms with Crippen molar-refractivity contribution >= 4 is 5.97 Å². The summed E-state index contributed by atoms with van der Waals surface area (Å²) >= 11 is 0. The van der Waals surface area contributed by atoms with Gasteiger partial charge in [0.1, 0.15) is 5.75 Å². The van der Waals surface area contributed by atoms with Gasteiger partial charge < -0.3 is 15.2 Å². The molecule has 0 amide bonds. The standard InChI is InChI=1S/C18H27NO3/c20-18(21)10-12-19-11-9-15-7-4-8-17(13-15)22-14-16-5-2-1-3-6-16/h4,7-8,13,16,19H,1-3,5-6,9-12,14H2,(H,20,21). The van der Waals surface area contributed by atoms with Crippen LogP contribution in [0.4, 0.5) is 0 Å². The Labute approximate surface area is 132 Å². The van der Waals surface area contributed by atoms with Crippen LogP contribution in [0.15, 0.2) is 24.3 Å². The molecule has 0 bridgehead atoms. The molecule has 0 atom stereocenters. The molecule has 1 fully saturated rings. The van der Waals surface area contributed by atoms with Gasteiger partial charge in [-0.25, -0.2) is 0 Å². The minimum atomic E-state index is -0.759. The molecule has 2 rings (SSSR count). The number of benzene rings is 1. The highest BCUT2D eigenvalue weighted by Gasteiger charge is 2.13. The summed E-state index contributed by atoms with van der Waals surface area (Å²) in [6, 6.07) is 8.24. The number of hydrogen-bond acceptors (Lipinski definition) is 3. The molecule has 0 heterocycles. The fourth-order valence-corrected chi connectivity index (χ4v) is 2.91. The molecular formula is C18H27NO3. The van der Waals surface area contributed by atoms with Crippen LogP contribution in [0.5, 0.6) is 5.75 Å². The van der Waals surface area contributed by atoms with E-state index in [4.69, 9.17) is 9.84 Å². The molecular weight excluding hydrogens is 278 g/mol. The lowest BCUT2D eigenvalue weighted by molar-refractivity contribution is -0.136. The van der Waals surface area contributed by atoms with Crippen LogP contribution in [-0.4, -0.2) is 30.8 Å². The van der Waals surface area contributed by atoms with E-state index < -0.39 is 5.97 Å². The Kier molecular flexibility index (Phi) is 7.23. The maximum Gasteiger partial charge on any atom is 0.304 e. The molecule has 1 aliphatic carbocycles. The van der Waals surface area contributed by atoms with Crippen molar-refractivity contribution < 1.29 is 14.6 Å². The third-order valence-corrected chi connectivity index (χ3v) is 4.21. The van der Waals surface area contributed by atoms with Gasteiger partial charge >= 0.3 is 5.97 Å². The van der Waals surface area contributed by atoms with Crippen LogP contribution in [0.2, 0.25) is 0 Å². The number of carboxylic acids is 1. The van der Waals surface area contributed by atoms with Crippen molar-refractivity contribution in [2.24, 2.45) is 5.92 Å². The highest BCUT2D eigenvalue weighted by atomic mass is 16.5. The zero-order valence-corrected chi connectivity index (χ0v) is 13.2. The smallest absolute Gasteiger partial charge is 0.304 e.